The van der Waals surface area contributed by atoms with Crippen molar-refractivity contribution in [3.8, 4) is 0 Å². The van der Waals surface area contributed by atoms with E-state index in [-0.39, 0.29) is 30.8 Å². The zero-order valence-electron chi connectivity index (χ0n) is 15.4. The van der Waals surface area contributed by atoms with Gasteiger partial charge < -0.3 is 5.32 Å². The molecule has 0 radical (unpaired) electrons. The molecule has 2 fully saturated rings. The van der Waals surface area contributed by atoms with E-state index in [2.05, 4.69) is 10.2 Å². The fourth-order valence-electron chi connectivity index (χ4n) is 3.80. The Hall–Kier alpha value is -1.21. The van der Waals surface area contributed by atoms with Crippen LogP contribution in [0.4, 0.5) is 22.0 Å². The molecule has 1 saturated carbocycles. The van der Waals surface area contributed by atoms with Crippen LogP contribution in [-0.2, 0) is 6.18 Å². The molecule has 2 atom stereocenters. The Balaban J connectivity index is 0.00000117. The van der Waals surface area contributed by atoms with Crippen LogP contribution in [0.25, 0.3) is 0 Å². The molecule has 1 aromatic carbocycles. The number of hydrogen-bond donors (Lipinski definition) is 1. The molecule has 0 spiro atoms. The van der Waals surface area contributed by atoms with E-state index in [1.807, 2.05) is 20.8 Å². The van der Waals surface area contributed by atoms with E-state index in [0.717, 1.165) is 18.7 Å². The molecular weight excluding hydrogens is 351 g/mol. The van der Waals surface area contributed by atoms with Crippen molar-refractivity contribution in [2.75, 3.05) is 19.6 Å². The minimum Gasteiger partial charge on any atom is -0.312 e. The highest BCUT2D eigenvalue weighted by Crippen LogP contribution is 2.50. The monoisotopic (exact) mass is 378 g/mol. The summed E-state index contributed by atoms with van der Waals surface area (Å²) in [6, 6.07) is 4.95. The molecule has 2 unspecified atom stereocenters. The minimum absolute atomic E-state index is 0.197. The molecule has 1 saturated heterocycles. The maximum absolute atomic E-state index is 13.3. The van der Waals surface area contributed by atoms with Crippen molar-refractivity contribution in [2.24, 2.45) is 5.92 Å². The first-order valence-electron chi connectivity index (χ1n) is 9.18. The van der Waals surface area contributed by atoms with Crippen LogP contribution in [0.5, 0.6) is 0 Å². The average molecular weight is 378 g/mol. The van der Waals surface area contributed by atoms with Gasteiger partial charge in [-0.15, -0.1) is 0 Å². The highest BCUT2D eigenvalue weighted by Gasteiger charge is 2.50. The van der Waals surface area contributed by atoms with E-state index in [1.165, 1.54) is 12.1 Å². The predicted molar refractivity (Wildman–Crippen MR) is 92.2 cm³/mol. The molecule has 1 heterocycles. The second-order valence-electron chi connectivity index (χ2n) is 6.94. The third-order valence-corrected chi connectivity index (χ3v) is 4.94. The van der Waals surface area contributed by atoms with Gasteiger partial charge in [-0.3, -0.25) is 4.90 Å². The van der Waals surface area contributed by atoms with Crippen molar-refractivity contribution < 1.29 is 22.0 Å². The molecule has 1 aliphatic heterocycles. The van der Waals surface area contributed by atoms with E-state index in [9.17, 15) is 22.0 Å². The van der Waals surface area contributed by atoms with Gasteiger partial charge in [-0.2, -0.15) is 13.2 Å². The van der Waals surface area contributed by atoms with Gasteiger partial charge in [-0.25, -0.2) is 8.78 Å². The summed E-state index contributed by atoms with van der Waals surface area (Å²) < 4.78 is 64.9. The number of benzene rings is 1. The van der Waals surface area contributed by atoms with Crippen LogP contribution < -0.4 is 5.32 Å². The molecule has 7 heteroatoms. The van der Waals surface area contributed by atoms with Gasteiger partial charge in [0.2, 0.25) is 5.92 Å². The van der Waals surface area contributed by atoms with Gasteiger partial charge in [-0.05, 0) is 30.5 Å². The predicted octanol–water partition coefficient (Wildman–Crippen LogP) is 5.11. The highest BCUT2D eigenvalue weighted by molar-refractivity contribution is 5.28. The first kappa shape index (κ1) is 21.1. The maximum atomic E-state index is 13.3. The van der Waals surface area contributed by atoms with Crippen LogP contribution in [0.3, 0.4) is 0 Å². The topological polar surface area (TPSA) is 15.3 Å². The summed E-state index contributed by atoms with van der Waals surface area (Å²) in [6.45, 7) is 8.18. The Kier molecular flexibility index (Phi) is 6.66. The number of alkyl halides is 5. The Labute approximate surface area is 151 Å². The summed E-state index contributed by atoms with van der Waals surface area (Å²) in [6.07, 6.45) is -4.78. The zero-order valence-corrected chi connectivity index (χ0v) is 15.4. The molecule has 2 nitrogen and oxygen atoms in total. The van der Waals surface area contributed by atoms with Crippen molar-refractivity contribution in [3.05, 3.63) is 35.4 Å². The fraction of sp³-hybridized carbons (Fsp3) is 0.684. The summed E-state index contributed by atoms with van der Waals surface area (Å²) in [5, 5.41) is 3.30. The van der Waals surface area contributed by atoms with Crippen LogP contribution in [0.15, 0.2) is 24.3 Å². The summed E-state index contributed by atoms with van der Waals surface area (Å²) in [4.78, 5) is 2.13. The molecule has 2 aliphatic rings. The molecule has 0 amide bonds. The Morgan fingerprint density at radius 1 is 1.12 bits per heavy atom. The van der Waals surface area contributed by atoms with Gasteiger partial charge in [0.05, 0.1) is 5.56 Å². The van der Waals surface area contributed by atoms with E-state index < -0.39 is 17.7 Å². The van der Waals surface area contributed by atoms with Crippen molar-refractivity contribution in [1.29, 1.82) is 0 Å². The van der Waals surface area contributed by atoms with Crippen LogP contribution in [0.1, 0.15) is 50.8 Å². The van der Waals surface area contributed by atoms with Crippen molar-refractivity contribution >= 4 is 0 Å². The van der Waals surface area contributed by atoms with E-state index >= 15 is 0 Å². The van der Waals surface area contributed by atoms with Crippen LogP contribution in [0.2, 0.25) is 0 Å². The number of halogens is 5. The summed E-state index contributed by atoms with van der Waals surface area (Å²) in [7, 11) is 0. The molecular formula is C19H27F5N2. The molecule has 1 N–H and O–H groups in total. The number of hydrogen-bond acceptors (Lipinski definition) is 2. The number of nitrogens with one attached hydrogen (secondary N) is 1. The summed E-state index contributed by atoms with van der Waals surface area (Å²) in [5.41, 5.74) is -0.0183. The van der Waals surface area contributed by atoms with Gasteiger partial charge in [0, 0.05) is 44.6 Å². The van der Waals surface area contributed by atoms with Crippen LogP contribution in [0, 0.1) is 5.92 Å². The normalized spacial score (nSPS) is 25.0. The number of piperazine rings is 1. The zero-order chi connectivity index (χ0) is 19.5. The molecule has 26 heavy (non-hydrogen) atoms. The lowest BCUT2D eigenvalue weighted by atomic mass is 9.73. The Morgan fingerprint density at radius 2 is 1.69 bits per heavy atom. The average Bonchev–Trinajstić information content (AvgIpc) is 2.55. The third-order valence-electron chi connectivity index (χ3n) is 4.94. The van der Waals surface area contributed by atoms with Gasteiger partial charge in [-0.1, -0.05) is 26.0 Å². The standard InChI is InChI=1S/C17H21F5N2.C2H6/c1-11-10-24(7-6-23-11)15(13-8-16(18,19)9-13)12-2-4-14(5-3-12)17(20,21)22;1-2/h2-5,11,13,15,23H,6-10H2,1H3;1-2H3. The molecule has 3 rings (SSSR count). The van der Waals surface area contributed by atoms with E-state index in [4.69, 9.17) is 0 Å². The molecule has 0 bridgehead atoms. The van der Waals surface area contributed by atoms with E-state index in [1.54, 1.807) is 0 Å². The lowest BCUT2D eigenvalue weighted by molar-refractivity contribution is -0.137. The molecule has 1 aliphatic carbocycles. The van der Waals surface area contributed by atoms with Gasteiger partial charge in [0.15, 0.2) is 0 Å². The molecule has 1 aromatic rings. The molecule has 148 valence electrons. The highest BCUT2D eigenvalue weighted by atomic mass is 19.4. The summed E-state index contributed by atoms with van der Waals surface area (Å²) >= 11 is 0. The van der Waals surface area contributed by atoms with Gasteiger partial charge >= 0.3 is 6.18 Å². The second kappa shape index (κ2) is 8.21. The minimum atomic E-state index is -4.39. The third kappa shape index (κ3) is 4.94. The van der Waals surface area contributed by atoms with E-state index in [0.29, 0.717) is 18.7 Å². The number of rotatable bonds is 3. The smallest absolute Gasteiger partial charge is 0.312 e. The SMILES string of the molecule is CC.CC1CN(C(c2ccc(C(F)(F)F)cc2)C2CC(F)(F)C2)CCN1. The number of nitrogens with zero attached hydrogens (tertiary/aromatic N) is 1. The van der Waals surface area contributed by atoms with Crippen LogP contribution >= 0.6 is 0 Å². The maximum Gasteiger partial charge on any atom is 0.416 e. The lowest BCUT2D eigenvalue weighted by Crippen LogP contribution is -2.54. The van der Waals surface area contributed by atoms with Crippen molar-refractivity contribution in [1.82, 2.24) is 10.2 Å². The Morgan fingerprint density at radius 3 is 2.15 bits per heavy atom. The largest absolute Gasteiger partial charge is 0.416 e. The Bertz CT molecular complexity index is 562. The molecule has 0 aromatic heterocycles. The first-order valence-corrected chi connectivity index (χ1v) is 9.18. The first-order chi connectivity index (χ1) is 12.2. The van der Waals surface area contributed by atoms with Gasteiger partial charge in [0.25, 0.3) is 0 Å². The second-order valence-corrected chi connectivity index (χ2v) is 6.94. The van der Waals surface area contributed by atoms with Crippen molar-refractivity contribution in [2.45, 2.75) is 57.8 Å². The van der Waals surface area contributed by atoms with Gasteiger partial charge in [0.1, 0.15) is 0 Å². The van der Waals surface area contributed by atoms with Crippen LogP contribution in [-0.4, -0.2) is 36.5 Å². The summed E-state index contributed by atoms with van der Waals surface area (Å²) in [5.74, 6) is -2.86. The quantitative estimate of drug-likeness (QED) is 0.735. The van der Waals surface area contributed by atoms with Crippen molar-refractivity contribution in [3.63, 3.8) is 0 Å². The lowest BCUT2D eigenvalue weighted by Gasteiger charge is -2.47. The fourth-order valence-corrected chi connectivity index (χ4v) is 3.80.